The summed E-state index contributed by atoms with van der Waals surface area (Å²) < 4.78 is 37.9. The van der Waals surface area contributed by atoms with Crippen LogP contribution in [0.15, 0.2) is 54.6 Å². The number of rotatable bonds is 4. The Morgan fingerprint density at radius 1 is 1.08 bits per heavy atom. The van der Waals surface area contributed by atoms with Gasteiger partial charge in [0.1, 0.15) is 0 Å². The molecule has 0 aliphatic rings. The van der Waals surface area contributed by atoms with Gasteiger partial charge in [0.2, 0.25) is 0 Å². The van der Waals surface area contributed by atoms with Crippen molar-refractivity contribution in [2.75, 3.05) is 5.32 Å². The number of carbonyl (C=O) groups excluding carboxylic acids is 1. The van der Waals surface area contributed by atoms with Gasteiger partial charge in [0, 0.05) is 5.69 Å². The number of hydrogen-bond acceptors (Lipinski definition) is 2. The topological polar surface area (TPSA) is 61.4 Å². The number of amides is 2. The van der Waals surface area contributed by atoms with Gasteiger partial charge in [-0.1, -0.05) is 36.4 Å². The molecule has 0 radical (unpaired) electrons. The molecule has 7 heteroatoms. The molecule has 2 rings (SSSR count). The van der Waals surface area contributed by atoms with Gasteiger partial charge >= 0.3 is 12.2 Å². The number of urea groups is 1. The van der Waals surface area contributed by atoms with Crippen molar-refractivity contribution in [3.8, 4) is 0 Å². The van der Waals surface area contributed by atoms with Crippen LogP contribution in [0.3, 0.4) is 0 Å². The Morgan fingerprint density at radius 3 is 2.38 bits per heavy atom. The van der Waals surface area contributed by atoms with Crippen LogP contribution < -0.4 is 10.6 Å². The molecule has 0 heterocycles. The van der Waals surface area contributed by atoms with Crippen LogP contribution in [0.2, 0.25) is 0 Å². The van der Waals surface area contributed by atoms with Crippen molar-refractivity contribution < 1.29 is 23.1 Å². The predicted octanol–water partition coefficient (Wildman–Crippen LogP) is 3.95. The maximum atomic E-state index is 12.6. The summed E-state index contributed by atoms with van der Waals surface area (Å²) in [6.45, 7) is 1.60. The lowest BCUT2D eigenvalue weighted by atomic mass is 10.0. The number of carbonyl (C=O) groups is 1. The van der Waals surface area contributed by atoms with E-state index in [9.17, 15) is 23.1 Å². The summed E-state index contributed by atoms with van der Waals surface area (Å²) >= 11 is 0. The third kappa shape index (κ3) is 4.73. The number of aliphatic hydroxyl groups is 1. The molecule has 0 aliphatic carbocycles. The van der Waals surface area contributed by atoms with Crippen molar-refractivity contribution in [3.05, 3.63) is 65.7 Å². The minimum Gasteiger partial charge on any atom is -0.386 e. The lowest BCUT2D eigenvalue weighted by Crippen LogP contribution is -2.39. The smallest absolute Gasteiger partial charge is 0.386 e. The number of halogens is 3. The highest BCUT2D eigenvalue weighted by atomic mass is 19.4. The highest BCUT2D eigenvalue weighted by molar-refractivity contribution is 5.89. The summed E-state index contributed by atoms with van der Waals surface area (Å²) in [6, 6.07) is 11.8. The van der Waals surface area contributed by atoms with E-state index in [-0.39, 0.29) is 5.69 Å². The van der Waals surface area contributed by atoms with E-state index in [4.69, 9.17) is 0 Å². The second-order valence-electron chi connectivity index (χ2n) is 5.32. The third-order valence-electron chi connectivity index (χ3n) is 3.42. The molecule has 2 aromatic rings. The average Bonchev–Trinajstić information content (AvgIpc) is 2.54. The van der Waals surface area contributed by atoms with Crippen LogP contribution >= 0.6 is 0 Å². The summed E-state index contributed by atoms with van der Waals surface area (Å²) in [4.78, 5) is 11.9. The molecule has 0 unspecified atom stereocenters. The lowest BCUT2D eigenvalue weighted by Gasteiger charge is -2.21. The zero-order valence-corrected chi connectivity index (χ0v) is 12.8. The fraction of sp³-hybridized carbons (Fsp3) is 0.235. The van der Waals surface area contributed by atoms with Crippen LogP contribution in [0.25, 0.3) is 0 Å². The minimum atomic E-state index is -4.48. The standard InChI is InChI=1S/C17H17F3N2O2/c1-11(15(23)12-6-3-2-4-7-12)21-16(24)22-14-9-5-8-13(10-14)17(18,19)20/h2-11,15,23H,1H3,(H2,21,22,24)/t11-,15+/m0/s1. The molecule has 0 aromatic heterocycles. The van der Waals surface area contributed by atoms with E-state index < -0.39 is 29.9 Å². The first-order chi connectivity index (χ1) is 11.3. The van der Waals surface area contributed by atoms with E-state index in [1.54, 1.807) is 37.3 Å². The molecule has 0 saturated carbocycles. The highest BCUT2D eigenvalue weighted by Gasteiger charge is 2.30. The van der Waals surface area contributed by atoms with Gasteiger partial charge in [0.25, 0.3) is 0 Å². The number of aliphatic hydroxyl groups excluding tert-OH is 1. The largest absolute Gasteiger partial charge is 0.416 e. The van der Waals surface area contributed by atoms with Crippen molar-refractivity contribution >= 4 is 11.7 Å². The van der Waals surface area contributed by atoms with Crippen molar-refractivity contribution in [1.82, 2.24) is 5.32 Å². The first-order valence-electron chi connectivity index (χ1n) is 7.25. The Labute approximate surface area is 137 Å². The molecule has 0 saturated heterocycles. The van der Waals surface area contributed by atoms with Crippen molar-refractivity contribution in [3.63, 3.8) is 0 Å². The number of alkyl halides is 3. The van der Waals surface area contributed by atoms with Gasteiger partial charge in [-0.25, -0.2) is 4.79 Å². The van der Waals surface area contributed by atoms with Gasteiger partial charge in [-0.2, -0.15) is 13.2 Å². The number of benzene rings is 2. The summed E-state index contributed by atoms with van der Waals surface area (Å²) in [7, 11) is 0. The first kappa shape index (κ1) is 17.8. The normalized spacial score (nSPS) is 13.9. The van der Waals surface area contributed by atoms with E-state index in [1.807, 2.05) is 0 Å². The van der Waals surface area contributed by atoms with E-state index in [1.165, 1.54) is 12.1 Å². The van der Waals surface area contributed by atoms with Gasteiger partial charge in [0.15, 0.2) is 0 Å². The van der Waals surface area contributed by atoms with Gasteiger partial charge < -0.3 is 15.7 Å². The highest BCUT2D eigenvalue weighted by Crippen LogP contribution is 2.30. The van der Waals surface area contributed by atoms with Crippen LogP contribution in [0.1, 0.15) is 24.2 Å². The second-order valence-corrected chi connectivity index (χ2v) is 5.32. The van der Waals surface area contributed by atoms with Crippen LogP contribution in [0.4, 0.5) is 23.7 Å². The quantitative estimate of drug-likeness (QED) is 0.790. The molecule has 2 aromatic carbocycles. The SMILES string of the molecule is C[C@H](NC(=O)Nc1cccc(C(F)(F)F)c1)[C@@H](O)c1ccccc1. The molecule has 0 bridgehead atoms. The lowest BCUT2D eigenvalue weighted by molar-refractivity contribution is -0.137. The van der Waals surface area contributed by atoms with Crippen LogP contribution in [-0.2, 0) is 6.18 Å². The van der Waals surface area contributed by atoms with Gasteiger partial charge in [-0.15, -0.1) is 0 Å². The van der Waals surface area contributed by atoms with E-state index in [2.05, 4.69) is 10.6 Å². The van der Waals surface area contributed by atoms with Gasteiger partial charge in [-0.3, -0.25) is 0 Å². The molecule has 2 amide bonds. The number of anilines is 1. The predicted molar refractivity (Wildman–Crippen MR) is 84.5 cm³/mol. The van der Waals surface area contributed by atoms with Crippen LogP contribution in [0, 0.1) is 0 Å². The molecule has 0 aliphatic heterocycles. The minimum absolute atomic E-state index is 0.0173. The molecule has 0 fully saturated rings. The summed E-state index contributed by atoms with van der Waals surface area (Å²) in [5, 5.41) is 15.0. The fourth-order valence-electron chi connectivity index (χ4n) is 2.17. The Balaban J connectivity index is 1.98. The van der Waals surface area contributed by atoms with E-state index in [0.29, 0.717) is 5.56 Å². The summed E-state index contributed by atoms with van der Waals surface area (Å²) in [5.74, 6) is 0. The van der Waals surface area contributed by atoms with Crippen molar-refractivity contribution in [2.24, 2.45) is 0 Å². The first-order valence-corrected chi connectivity index (χ1v) is 7.25. The molecular formula is C17H17F3N2O2. The maximum absolute atomic E-state index is 12.6. The Kier molecular flexibility index (Phi) is 5.46. The van der Waals surface area contributed by atoms with Crippen molar-refractivity contribution in [2.45, 2.75) is 25.2 Å². The van der Waals surface area contributed by atoms with Crippen molar-refractivity contribution in [1.29, 1.82) is 0 Å². The molecule has 0 spiro atoms. The molecule has 2 atom stereocenters. The fourth-order valence-corrected chi connectivity index (χ4v) is 2.17. The Bertz CT molecular complexity index is 690. The average molecular weight is 338 g/mol. The van der Waals surface area contributed by atoms with Gasteiger partial charge in [0.05, 0.1) is 17.7 Å². The summed E-state index contributed by atoms with van der Waals surface area (Å²) in [6.07, 6.45) is -5.41. The maximum Gasteiger partial charge on any atom is 0.416 e. The van der Waals surface area contributed by atoms with Crippen LogP contribution in [0.5, 0.6) is 0 Å². The zero-order valence-electron chi connectivity index (χ0n) is 12.8. The van der Waals surface area contributed by atoms with Crippen LogP contribution in [-0.4, -0.2) is 17.2 Å². The molecule has 128 valence electrons. The second kappa shape index (κ2) is 7.35. The molecule has 3 N–H and O–H groups in total. The number of hydrogen-bond donors (Lipinski definition) is 3. The monoisotopic (exact) mass is 338 g/mol. The molecule has 24 heavy (non-hydrogen) atoms. The zero-order chi connectivity index (χ0) is 17.7. The Morgan fingerprint density at radius 2 is 1.75 bits per heavy atom. The third-order valence-corrected chi connectivity index (χ3v) is 3.42. The summed E-state index contributed by atoms with van der Waals surface area (Å²) in [5.41, 5.74) is -0.203. The molecular weight excluding hydrogens is 321 g/mol. The van der Waals surface area contributed by atoms with E-state index in [0.717, 1.165) is 12.1 Å². The number of nitrogens with one attached hydrogen (secondary N) is 2. The van der Waals surface area contributed by atoms with Gasteiger partial charge in [-0.05, 0) is 30.7 Å². The molecule has 4 nitrogen and oxygen atoms in total. The van der Waals surface area contributed by atoms with E-state index >= 15 is 0 Å². The Hall–Kier alpha value is -2.54.